The van der Waals surface area contributed by atoms with Crippen molar-refractivity contribution in [3.8, 4) is 0 Å². The van der Waals surface area contributed by atoms with Gasteiger partial charge in [-0.2, -0.15) is 5.10 Å². The summed E-state index contributed by atoms with van der Waals surface area (Å²) in [5.41, 5.74) is 7.32. The number of hydrogen-bond donors (Lipinski definition) is 2. The van der Waals surface area contributed by atoms with Crippen LogP contribution in [-0.4, -0.2) is 15.7 Å². The van der Waals surface area contributed by atoms with Crippen molar-refractivity contribution in [3.63, 3.8) is 0 Å². The van der Waals surface area contributed by atoms with Gasteiger partial charge < -0.3 is 11.1 Å². The summed E-state index contributed by atoms with van der Waals surface area (Å²) >= 11 is 0. The molecule has 0 bridgehead atoms. The average molecular weight is 280 g/mol. The van der Waals surface area contributed by atoms with Crippen molar-refractivity contribution < 1.29 is 13.6 Å². The molecule has 0 unspecified atom stereocenters. The molecule has 0 radical (unpaired) electrons. The molecule has 0 saturated carbocycles. The quantitative estimate of drug-likeness (QED) is 0.895. The number of benzene rings is 1. The monoisotopic (exact) mass is 280 g/mol. The summed E-state index contributed by atoms with van der Waals surface area (Å²) in [7, 11) is 1.61. The van der Waals surface area contributed by atoms with E-state index in [1.54, 1.807) is 14.0 Å². The van der Waals surface area contributed by atoms with Gasteiger partial charge in [0.05, 0.1) is 11.4 Å². The number of carbonyl (C=O) groups is 1. The van der Waals surface area contributed by atoms with E-state index in [2.05, 4.69) is 10.4 Å². The fourth-order valence-electron chi connectivity index (χ4n) is 1.86. The average Bonchev–Trinajstić information content (AvgIpc) is 2.64. The third-order valence-electron chi connectivity index (χ3n) is 2.92. The van der Waals surface area contributed by atoms with Gasteiger partial charge in [0, 0.05) is 13.6 Å². The van der Waals surface area contributed by atoms with Crippen molar-refractivity contribution >= 4 is 11.6 Å². The minimum absolute atomic E-state index is 0.0691. The molecule has 3 N–H and O–H groups in total. The van der Waals surface area contributed by atoms with Crippen LogP contribution in [0.15, 0.2) is 18.2 Å². The van der Waals surface area contributed by atoms with E-state index in [0.717, 1.165) is 12.1 Å². The van der Waals surface area contributed by atoms with E-state index in [1.807, 2.05) is 0 Å². The van der Waals surface area contributed by atoms with Crippen LogP contribution in [0.4, 0.5) is 14.5 Å². The topological polar surface area (TPSA) is 72.9 Å². The van der Waals surface area contributed by atoms with E-state index in [0.29, 0.717) is 16.9 Å². The molecule has 0 fully saturated rings. The maximum Gasteiger partial charge on any atom is 0.271 e. The minimum atomic E-state index is -0.951. The van der Waals surface area contributed by atoms with E-state index >= 15 is 0 Å². The first-order valence-electron chi connectivity index (χ1n) is 5.91. The number of nitrogens with one attached hydrogen (secondary N) is 1. The van der Waals surface area contributed by atoms with Crippen molar-refractivity contribution in [2.24, 2.45) is 7.05 Å². The molecule has 0 aliphatic rings. The molecule has 20 heavy (non-hydrogen) atoms. The van der Waals surface area contributed by atoms with Gasteiger partial charge in [-0.15, -0.1) is 0 Å². The number of aryl methyl sites for hydroxylation is 2. The molecular formula is C13H14F2N4O. The number of nitrogens with two attached hydrogens (primary N) is 1. The van der Waals surface area contributed by atoms with E-state index < -0.39 is 17.5 Å². The number of anilines is 1. The molecular weight excluding hydrogens is 266 g/mol. The fraction of sp³-hybridized carbons (Fsp3) is 0.231. The van der Waals surface area contributed by atoms with Crippen molar-refractivity contribution in [2.75, 3.05) is 5.73 Å². The second-order valence-electron chi connectivity index (χ2n) is 4.40. The Labute approximate surface area is 114 Å². The molecule has 1 amide bonds. The third-order valence-corrected chi connectivity index (χ3v) is 2.92. The lowest BCUT2D eigenvalue weighted by Gasteiger charge is -2.07. The van der Waals surface area contributed by atoms with Crippen LogP contribution in [-0.2, 0) is 13.6 Å². The van der Waals surface area contributed by atoms with Crippen LogP contribution < -0.4 is 11.1 Å². The minimum Gasteiger partial charge on any atom is -0.395 e. The lowest BCUT2D eigenvalue weighted by molar-refractivity contribution is 0.0942. The number of nitrogen functional groups attached to an aromatic ring is 1. The number of carbonyl (C=O) groups excluding carboxylic acids is 1. The Hall–Kier alpha value is -2.44. The molecule has 7 heteroatoms. The third kappa shape index (κ3) is 2.61. The van der Waals surface area contributed by atoms with Crippen molar-refractivity contribution in [1.82, 2.24) is 15.1 Å². The van der Waals surface area contributed by atoms with Gasteiger partial charge in [0.2, 0.25) is 0 Å². The maximum absolute atomic E-state index is 13.0. The number of nitrogens with zero attached hydrogens (tertiary/aromatic N) is 2. The van der Waals surface area contributed by atoms with E-state index in [9.17, 15) is 13.6 Å². The first kappa shape index (κ1) is 14.0. The number of aromatic nitrogens is 2. The first-order chi connectivity index (χ1) is 9.40. The number of halogens is 2. The summed E-state index contributed by atoms with van der Waals surface area (Å²) in [5, 5.41) is 6.62. The molecule has 1 aromatic carbocycles. The first-order valence-corrected chi connectivity index (χ1v) is 5.91. The highest BCUT2D eigenvalue weighted by Gasteiger charge is 2.17. The van der Waals surface area contributed by atoms with Crippen LogP contribution in [0.2, 0.25) is 0 Å². The summed E-state index contributed by atoms with van der Waals surface area (Å²) in [6, 6.07) is 3.45. The van der Waals surface area contributed by atoms with Crippen LogP contribution in [0.3, 0.4) is 0 Å². The summed E-state index contributed by atoms with van der Waals surface area (Å²) in [5.74, 6) is -2.30. The molecule has 0 aliphatic carbocycles. The molecule has 2 aromatic rings. The van der Waals surface area contributed by atoms with Gasteiger partial charge in [-0.3, -0.25) is 9.48 Å². The Morgan fingerprint density at radius 1 is 1.40 bits per heavy atom. The highest BCUT2D eigenvalue weighted by molar-refractivity contribution is 5.97. The van der Waals surface area contributed by atoms with Crippen molar-refractivity contribution in [3.05, 3.63) is 46.8 Å². The Bertz CT molecular complexity index is 667. The lowest BCUT2D eigenvalue weighted by Crippen LogP contribution is -2.26. The van der Waals surface area contributed by atoms with Crippen LogP contribution >= 0.6 is 0 Å². The molecule has 0 saturated heterocycles. The predicted octanol–water partition coefficient (Wildman–Crippen LogP) is 1.52. The summed E-state index contributed by atoms with van der Waals surface area (Å²) in [6.07, 6.45) is 0. The Morgan fingerprint density at radius 3 is 2.65 bits per heavy atom. The van der Waals surface area contributed by atoms with Crippen LogP contribution in [0, 0.1) is 18.6 Å². The lowest BCUT2D eigenvalue weighted by atomic mass is 10.2. The highest BCUT2D eigenvalue weighted by atomic mass is 19.2. The highest BCUT2D eigenvalue weighted by Crippen LogP contribution is 2.15. The Balaban J connectivity index is 2.10. The molecule has 0 aliphatic heterocycles. The second kappa shape index (κ2) is 5.28. The Morgan fingerprint density at radius 2 is 2.10 bits per heavy atom. The maximum atomic E-state index is 13.0. The zero-order valence-electron chi connectivity index (χ0n) is 11.1. The standard InChI is InChI=1S/C13H14F2N4O/c1-7-11(16)12(19(2)18-7)13(20)17-6-8-3-4-9(14)10(15)5-8/h3-5H,6,16H2,1-2H3,(H,17,20). The number of amides is 1. The van der Waals surface area contributed by atoms with Gasteiger partial charge in [0.1, 0.15) is 5.69 Å². The smallest absolute Gasteiger partial charge is 0.271 e. The molecule has 0 atom stereocenters. The van der Waals surface area contributed by atoms with Crippen LogP contribution in [0.5, 0.6) is 0 Å². The summed E-state index contributed by atoms with van der Waals surface area (Å²) in [4.78, 5) is 12.0. The molecule has 106 valence electrons. The van der Waals surface area contributed by atoms with Crippen molar-refractivity contribution in [1.29, 1.82) is 0 Å². The molecule has 1 aromatic heterocycles. The largest absolute Gasteiger partial charge is 0.395 e. The van der Waals surface area contributed by atoms with Gasteiger partial charge in [0.25, 0.3) is 5.91 Å². The SMILES string of the molecule is Cc1nn(C)c(C(=O)NCc2ccc(F)c(F)c2)c1N. The Kier molecular flexibility index (Phi) is 3.69. The number of hydrogen-bond acceptors (Lipinski definition) is 3. The number of rotatable bonds is 3. The van der Waals surface area contributed by atoms with E-state index in [-0.39, 0.29) is 12.2 Å². The zero-order valence-corrected chi connectivity index (χ0v) is 11.1. The molecule has 5 nitrogen and oxygen atoms in total. The molecule has 1 heterocycles. The molecule has 0 spiro atoms. The van der Waals surface area contributed by atoms with E-state index in [4.69, 9.17) is 5.73 Å². The van der Waals surface area contributed by atoms with Gasteiger partial charge in [-0.1, -0.05) is 6.07 Å². The van der Waals surface area contributed by atoms with Crippen LogP contribution in [0.1, 0.15) is 21.7 Å². The normalized spacial score (nSPS) is 10.6. The van der Waals surface area contributed by atoms with Gasteiger partial charge in [-0.25, -0.2) is 8.78 Å². The second-order valence-corrected chi connectivity index (χ2v) is 4.40. The summed E-state index contributed by atoms with van der Waals surface area (Å²) < 4.78 is 27.2. The zero-order chi connectivity index (χ0) is 14.9. The van der Waals surface area contributed by atoms with Gasteiger partial charge >= 0.3 is 0 Å². The summed E-state index contributed by atoms with van der Waals surface area (Å²) in [6.45, 7) is 1.77. The predicted molar refractivity (Wildman–Crippen MR) is 69.9 cm³/mol. The van der Waals surface area contributed by atoms with Gasteiger partial charge in [0.15, 0.2) is 11.6 Å². The fourth-order valence-corrected chi connectivity index (χ4v) is 1.86. The van der Waals surface area contributed by atoms with Crippen LogP contribution in [0.25, 0.3) is 0 Å². The molecule has 2 rings (SSSR count). The van der Waals surface area contributed by atoms with Crippen molar-refractivity contribution in [2.45, 2.75) is 13.5 Å². The van der Waals surface area contributed by atoms with E-state index in [1.165, 1.54) is 10.7 Å². The van der Waals surface area contributed by atoms with Gasteiger partial charge in [-0.05, 0) is 24.6 Å².